The van der Waals surface area contributed by atoms with Gasteiger partial charge in [-0.25, -0.2) is 8.78 Å². The molecular weight excluding hydrogens is 338 g/mol. The predicted molar refractivity (Wildman–Crippen MR) is 97.6 cm³/mol. The lowest BCUT2D eigenvalue weighted by Crippen LogP contribution is -2.34. The summed E-state index contributed by atoms with van der Waals surface area (Å²) in [5.41, 5.74) is 2.25. The van der Waals surface area contributed by atoms with Crippen molar-refractivity contribution < 1.29 is 18.4 Å². The molecular formula is C20H20F2N2O2. The topological polar surface area (TPSA) is 49.4 Å². The number of nitrogens with one attached hydrogen (secondary N) is 1. The summed E-state index contributed by atoms with van der Waals surface area (Å²) >= 11 is 0. The Morgan fingerprint density at radius 3 is 2.15 bits per heavy atom. The van der Waals surface area contributed by atoms with Crippen LogP contribution in [0.25, 0.3) is 6.08 Å². The number of anilines is 1. The van der Waals surface area contributed by atoms with Crippen molar-refractivity contribution in [1.82, 2.24) is 4.90 Å². The van der Waals surface area contributed by atoms with Gasteiger partial charge in [-0.15, -0.1) is 0 Å². The van der Waals surface area contributed by atoms with Crippen molar-refractivity contribution in [2.24, 2.45) is 0 Å². The van der Waals surface area contributed by atoms with E-state index < -0.39 is 17.5 Å². The Hall–Kier alpha value is -3.02. The molecule has 0 radical (unpaired) electrons. The van der Waals surface area contributed by atoms with Gasteiger partial charge in [-0.3, -0.25) is 9.59 Å². The minimum atomic E-state index is -0.760. The normalized spacial score (nSPS) is 10.8. The monoisotopic (exact) mass is 358 g/mol. The Labute approximate surface area is 151 Å². The molecule has 0 aromatic heterocycles. The first kappa shape index (κ1) is 19.3. The molecule has 2 aromatic rings. The van der Waals surface area contributed by atoms with Crippen LogP contribution in [-0.2, 0) is 9.59 Å². The van der Waals surface area contributed by atoms with Gasteiger partial charge in [-0.05, 0) is 43.2 Å². The lowest BCUT2D eigenvalue weighted by atomic mass is 10.1. The first-order valence-electron chi connectivity index (χ1n) is 8.03. The third kappa shape index (κ3) is 4.75. The van der Waals surface area contributed by atoms with E-state index in [2.05, 4.69) is 5.32 Å². The second-order valence-corrected chi connectivity index (χ2v) is 5.98. The number of carbonyl (C=O) groups excluding carboxylic acids is 2. The number of carbonyl (C=O) groups is 2. The Balaban J connectivity index is 2.00. The number of para-hydroxylation sites is 1. The average Bonchev–Trinajstić information content (AvgIpc) is 2.57. The van der Waals surface area contributed by atoms with Crippen LogP contribution in [0.15, 0.2) is 42.5 Å². The number of hydrogen-bond acceptors (Lipinski definition) is 2. The van der Waals surface area contributed by atoms with E-state index in [0.717, 1.165) is 40.3 Å². The molecule has 0 unspecified atom stereocenters. The molecule has 1 N–H and O–H groups in total. The highest BCUT2D eigenvalue weighted by atomic mass is 19.1. The third-order valence-electron chi connectivity index (χ3n) is 3.89. The van der Waals surface area contributed by atoms with Crippen LogP contribution >= 0.6 is 0 Å². The molecule has 0 aliphatic carbocycles. The van der Waals surface area contributed by atoms with E-state index in [1.54, 1.807) is 0 Å². The maximum Gasteiger partial charge on any atom is 0.246 e. The molecule has 0 spiro atoms. The zero-order valence-corrected chi connectivity index (χ0v) is 14.8. The second kappa shape index (κ2) is 8.38. The highest BCUT2D eigenvalue weighted by molar-refractivity contribution is 5.98. The summed E-state index contributed by atoms with van der Waals surface area (Å²) in [5.74, 6) is -2.41. The van der Waals surface area contributed by atoms with Gasteiger partial charge in [0.05, 0.1) is 6.54 Å². The molecule has 2 amide bonds. The van der Waals surface area contributed by atoms with E-state index in [1.165, 1.54) is 13.1 Å². The molecule has 26 heavy (non-hydrogen) atoms. The fourth-order valence-electron chi connectivity index (χ4n) is 2.44. The number of aryl methyl sites for hydroxylation is 2. The number of amides is 2. The fraction of sp³-hybridized carbons (Fsp3) is 0.200. The van der Waals surface area contributed by atoms with E-state index in [4.69, 9.17) is 0 Å². The summed E-state index contributed by atoms with van der Waals surface area (Å²) in [7, 11) is 1.44. The van der Waals surface area contributed by atoms with Crippen LogP contribution in [0.4, 0.5) is 14.5 Å². The second-order valence-electron chi connectivity index (χ2n) is 5.98. The Bertz CT molecular complexity index is 822. The first-order chi connectivity index (χ1) is 12.3. The van der Waals surface area contributed by atoms with Crippen LogP contribution in [-0.4, -0.2) is 30.3 Å². The van der Waals surface area contributed by atoms with Crippen LogP contribution in [0.5, 0.6) is 0 Å². The quantitative estimate of drug-likeness (QED) is 0.829. The zero-order chi connectivity index (χ0) is 19.3. The molecule has 0 heterocycles. The summed E-state index contributed by atoms with van der Waals surface area (Å²) in [6.07, 6.45) is 2.10. The molecule has 136 valence electrons. The maximum atomic E-state index is 13.5. The van der Waals surface area contributed by atoms with Gasteiger partial charge in [0, 0.05) is 24.4 Å². The average molecular weight is 358 g/mol. The minimum absolute atomic E-state index is 0.184. The van der Waals surface area contributed by atoms with E-state index in [1.807, 2.05) is 32.0 Å². The van der Waals surface area contributed by atoms with Crippen molar-refractivity contribution in [2.75, 3.05) is 18.9 Å². The first-order valence-corrected chi connectivity index (χ1v) is 8.03. The Kier molecular flexibility index (Phi) is 6.22. The largest absolute Gasteiger partial charge is 0.333 e. The van der Waals surface area contributed by atoms with Gasteiger partial charge < -0.3 is 10.2 Å². The van der Waals surface area contributed by atoms with Gasteiger partial charge in [-0.2, -0.15) is 0 Å². The number of nitrogens with zero attached hydrogens (tertiary/aromatic N) is 1. The van der Waals surface area contributed by atoms with Gasteiger partial charge in [0.2, 0.25) is 11.8 Å². The van der Waals surface area contributed by atoms with Crippen molar-refractivity contribution in [3.05, 3.63) is 70.8 Å². The maximum absolute atomic E-state index is 13.5. The van der Waals surface area contributed by atoms with Gasteiger partial charge in [0.1, 0.15) is 11.6 Å². The van der Waals surface area contributed by atoms with E-state index in [0.29, 0.717) is 5.69 Å². The summed E-state index contributed by atoms with van der Waals surface area (Å²) in [6.45, 7) is 3.57. The van der Waals surface area contributed by atoms with Crippen LogP contribution < -0.4 is 5.32 Å². The van der Waals surface area contributed by atoms with Crippen molar-refractivity contribution in [1.29, 1.82) is 0 Å². The Morgan fingerprint density at radius 2 is 1.58 bits per heavy atom. The summed E-state index contributed by atoms with van der Waals surface area (Å²) in [5, 5.41) is 2.78. The summed E-state index contributed by atoms with van der Waals surface area (Å²) in [4.78, 5) is 25.4. The molecule has 4 nitrogen and oxygen atoms in total. The molecule has 0 aliphatic heterocycles. The SMILES string of the molecule is Cc1cccc(C)c1NC(=O)CN(C)C(=O)/C=C/c1c(F)cccc1F. The standard InChI is InChI=1S/C20H20F2N2O2/c1-13-6-4-7-14(2)20(13)23-18(25)12-24(3)19(26)11-10-15-16(21)8-5-9-17(15)22/h4-11H,12H2,1-3H3,(H,23,25)/b11-10+. The molecule has 0 aliphatic rings. The van der Waals surface area contributed by atoms with Crippen LogP contribution in [0.2, 0.25) is 0 Å². The third-order valence-corrected chi connectivity index (χ3v) is 3.89. The molecule has 0 bridgehead atoms. The van der Waals surface area contributed by atoms with Crippen molar-refractivity contribution in [3.8, 4) is 0 Å². The number of rotatable bonds is 5. The van der Waals surface area contributed by atoms with E-state index >= 15 is 0 Å². The molecule has 0 fully saturated rings. The van der Waals surface area contributed by atoms with Gasteiger partial charge in [0.25, 0.3) is 0 Å². The molecule has 2 aromatic carbocycles. The molecule has 6 heteroatoms. The fourth-order valence-corrected chi connectivity index (χ4v) is 2.44. The van der Waals surface area contributed by atoms with Gasteiger partial charge >= 0.3 is 0 Å². The molecule has 0 saturated heterocycles. The van der Waals surface area contributed by atoms with Crippen LogP contribution in [0, 0.1) is 25.5 Å². The number of halogens is 2. The predicted octanol–water partition coefficient (Wildman–Crippen LogP) is 3.69. The minimum Gasteiger partial charge on any atom is -0.333 e. The number of likely N-dealkylation sites (N-methyl/N-ethyl adjacent to an activating group) is 1. The molecule has 0 saturated carbocycles. The molecule has 0 atom stereocenters. The van der Waals surface area contributed by atoms with Gasteiger partial charge in [-0.1, -0.05) is 24.3 Å². The smallest absolute Gasteiger partial charge is 0.246 e. The van der Waals surface area contributed by atoms with Gasteiger partial charge in [0.15, 0.2) is 0 Å². The Morgan fingerprint density at radius 1 is 1.04 bits per heavy atom. The molecule has 2 rings (SSSR count). The summed E-state index contributed by atoms with van der Waals surface area (Å²) < 4.78 is 27.1. The lowest BCUT2D eigenvalue weighted by molar-refractivity contribution is -0.129. The van der Waals surface area contributed by atoms with Crippen LogP contribution in [0.1, 0.15) is 16.7 Å². The highest BCUT2D eigenvalue weighted by Gasteiger charge is 2.13. The van der Waals surface area contributed by atoms with Crippen molar-refractivity contribution in [2.45, 2.75) is 13.8 Å². The van der Waals surface area contributed by atoms with Crippen molar-refractivity contribution in [3.63, 3.8) is 0 Å². The summed E-state index contributed by atoms with van der Waals surface area (Å²) in [6, 6.07) is 9.10. The van der Waals surface area contributed by atoms with Crippen LogP contribution in [0.3, 0.4) is 0 Å². The lowest BCUT2D eigenvalue weighted by Gasteiger charge is -2.16. The highest BCUT2D eigenvalue weighted by Crippen LogP contribution is 2.19. The van der Waals surface area contributed by atoms with Crippen molar-refractivity contribution >= 4 is 23.6 Å². The zero-order valence-electron chi connectivity index (χ0n) is 14.8. The van der Waals surface area contributed by atoms with E-state index in [9.17, 15) is 18.4 Å². The number of hydrogen-bond donors (Lipinski definition) is 1. The number of benzene rings is 2. The van der Waals surface area contributed by atoms with E-state index in [-0.39, 0.29) is 18.0 Å².